The van der Waals surface area contributed by atoms with E-state index in [-0.39, 0.29) is 0 Å². The number of benzene rings is 1. The van der Waals surface area contributed by atoms with Gasteiger partial charge in [0.25, 0.3) is 0 Å². The molecule has 30 heavy (non-hydrogen) atoms. The Hall–Kier alpha value is -2.22. The lowest BCUT2D eigenvalue weighted by molar-refractivity contribution is -0.922. The molecule has 0 amide bonds. The van der Waals surface area contributed by atoms with Crippen LogP contribution in [0.25, 0.3) is 10.2 Å². The Balaban J connectivity index is 1.53. The number of nitrogens with one attached hydrogen (secondary N) is 2. The first-order valence-electron chi connectivity index (χ1n) is 10.8. The molecule has 0 saturated carbocycles. The van der Waals surface area contributed by atoms with Gasteiger partial charge in [0.1, 0.15) is 36.0 Å². The second kappa shape index (κ2) is 8.49. The van der Waals surface area contributed by atoms with Crippen molar-refractivity contribution in [3.8, 4) is 5.75 Å². The summed E-state index contributed by atoms with van der Waals surface area (Å²) in [6.07, 6.45) is 3.51. The Morgan fingerprint density at radius 1 is 1.20 bits per heavy atom. The van der Waals surface area contributed by atoms with Crippen LogP contribution in [0.5, 0.6) is 5.75 Å². The highest BCUT2D eigenvalue weighted by molar-refractivity contribution is 7.19. The normalized spacial score (nSPS) is 19.6. The van der Waals surface area contributed by atoms with E-state index in [0.29, 0.717) is 0 Å². The molecule has 158 valence electrons. The van der Waals surface area contributed by atoms with Crippen molar-refractivity contribution in [2.45, 2.75) is 32.7 Å². The average molecular weight is 426 g/mol. The van der Waals surface area contributed by atoms with E-state index in [1.807, 2.05) is 35.6 Å². The minimum atomic E-state index is 0.744. The zero-order valence-corrected chi connectivity index (χ0v) is 18.5. The van der Waals surface area contributed by atoms with Gasteiger partial charge in [0.2, 0.25) is 0 Å². The fourth-order valence-electron chi connectivity index (χ4n) is 4.43. The predicted molar refractivity (Wildman–Crippen MR) is 120 cm³/mol. The third-order valence-electron chi connectivity index (χ3n) is 6.16. The fraction of sp³-hybridized carbons (Fsp3) is 0.478. The maximum atomic E-state index is 5.51. The fourth-order valence-corrected chi connectivity index (χ4v) is 5.83. The third-order valence-corrected chi connectivity index (χ3v) is 7.31. The number of hydrogen-bond acceptors (Lipinski definition) is 6. The van der Waals surface area contributed by atoms with Crippen LogP contribution in [0.3, 0.4) is 0 Å². The molecule has 6 nitrogen and oxygen atoms in total. The van der Waals surface area contributed by atoms with Crippen LogP contribution >= 0.6 is 11.3 Å². The van der Waals surface area contributed by atoms with E-state index in [9.17, 15) is 0 Å². The van der Waals surface area contributed by atoms with Crippen LogP contribution in [-0.2, 0) is 24.1 Å². The molecule has 0 radical (unpaired) electrons. The van der Waals surface area contributed by atoms with Gasteiger partial charge in [-0.25, -0.2) is 9.97 Å². The van der Waals surface area contributed by atoms with Crippen molar-refractivity contribution in [2.75, 3.05) is 38.7 Å². The van der Waals surface area contributed by atoms with E-state index in [1.165, 1.54) is 27.1 Å². The molecule has 2 aliphatic rings. The quantitative estimate of drug-likeness (QED) is 0.658. The number of morpholine rings is 1. The van der Waals surface area contributed by atoms with Crippen LogP contribution in [0, 0.1) is 5.92 Å². The lowest BCUT2D eigenvalue weighted by atomic mass is 9.89. The number of fused-ring (bicyclic) bond motifs is 3. The molecule has 5 rings (SSSR count). The Bertz CT molecular complexity index is 1030. The number of hydrogen-bond donors (Lipinski definition) is 2. The van der Waals surface area contributed by atoms with Gasteiger partial charge in [-0.2, -0.15) is 0 Å². The number of thiophene rings is 1. The van der Waals surface area contributed by atoms with Crippen molar-refractivity contribution in [1.29, 1.82) is 0 Å². The molecule has 1 unspecified atom stereocenters. The van der Waals surface area contributed by atoms with Crippen molar-refractivity contribution in [3.63, 3.8) is 0 Å². The minimum Gasteiger partial charge on any atom is -0.497 e. The highest BCUT2D eigenvalue weighted by Crippen LogP contribution is 2.40. The molecule has 2 N–H and O–H groups in total. The number of anilines is 2. The summed E-state index contributed by atoms with van der Waals surface area (Å²) in [7, 11) is 1.69. The number of rotatable bonds is 5. The van der Waals surface area contributed by atoms with Crippen LogP contribution in [0.2, 0.25) is 0 Å². The Morgan fingerprint density at radius 3 is 2.77 bits per heavy atom. The molecule has 1 aliphatic heterocycles. The summed E-state index contributed by atoms with van der Waals surface area (Å²) < 4.78 is 10.8. The first kappa shape index (κ1) is 19.7. The Kier molecular flexibility index (Phi) is 5.58. The number of methoxy groups -OCH3 is 1. The summed E-state index contributed by atoms with van der Waals surface area (Å²) in [5, 5.41) is 4.81. The molecule has 0 bridgehead atoms. The van der Waals surface area contributed by atoms with Crippen LogP contribution in [0.15, 0.2) is 24.3 Å². The largest absolute Gasteiger partial charge is 0.497 e. The third kappa shape index (κ3) is 4.02. The molecule has 1 aliphatic carbocycles. The second-order valence-electron chi connectivity index (χ2n) is 8.41. The topological polar surface area (TPSA) is 60.7 Å². The Morgan fingerprint density at radius 2 is 2.00 bits per heavy atom. The predicted octanol–water partition coefficient (Wildman–Crippen LogP) is 2.98. The van der Waals surface area contributed by atoms with Crippen molar-refractivity contribution in [3.05, 3.63) is 40.5 Å². The SMILES string of the molecule is COc1ccc(Nc2nc(C[NH+]3CCOCC3)nc3sc4c(c23)CCC(C)C4)cc1. The van der Waals surface area contributed by atoms with E-state index in [2.05, 4.69) is 12.2 Å². The monoisotopic (exact) mass is 425 g/mol. The Labute approximate surface area is 181 Å². The molecule has 1 atom stereocenters. The second-order valence-corrected chi connectivity index (χ2v) is 9.50. The number of aryl methyl sites for hydroxylation is 1. The molecule has 1 fully saturated rings. The van der Waals surface area contributed by atoms with Gasteiger partial charge in [-0.3, -0.25) is 0 Å². The lowest BCUT2D eigenvalue weighted by Gasteiger charge is -2.23. The van der Waals surface area contributed by atoms with Crippen molar-refractivity contribution >= 4 is 33.1 Å². The summed E-state index contributed by atoms with van der Waals surface area (Å²) in [6, 6.07) is 8.04. The minimum absolute atomic E-state index is 0.744. The number of nitrogens with zero attached hydrogens (tertiary/aromatic N) is 2. The summed E-state index contributed by atoms with van der Waals surface area (Å²) in [5.41, 5.74) is 2.47. The molecule has 3 aromatic rings. The first-order chi connectivity index (χ1) is 14.7. The summed E-state index contributed by atoms with van der Waals surface area (Å²) >= 11 is 1.87. The first-order valence-corrected chi connectivity index (χ1v) is 11.6. The van der Waals surface area contributed by atoms with Gasteiger partial charge >= 0.3 is 0 Å². The number of aromatic nitrogens is 2. The van der Waals surface area contributed by atoms with Gasteiger partial charge in [0, 0.05) is 10.6 Å². The van der Waals surface area contributed by atoms with E-state index < -0.39 is 0 Å². The van der Waals surface area contributed by atoms with Gasteiger partial charge < -0.3 is 19.7 Å². The van der Waals surface area contributed by atoms with Crippen molar-refractivity contribution in [2.24, 2.45) is 5.92 Å². The van der Waals surface area contributed by atoms with Crippen LogP contribution in [0.4, 0.5) is 11.5 Å². The van der Waals surface area contributed by atoms with E-state index in [0.717, 1.165) is 79.5 Å². The standard InChI is InChI=1S/C23H28N4O2S/c1-15-3-8-18-19(13-15)30-23-21(18)22(24-16-4-6-17(28-2)7-5-16)25-20(26-23)14-27-9-11-29-12-10-27/h4-7,15H,3,8-14H2,1-2H3,(H,24,25,26)/p+1. The maximum absolute atomic E-state index is 5.51. The van der Waals surface area contributed by atoms with Gasteiger partial charge in [-0.15, -0.1) is 11.3 Å². The van der Waals surface area contributed by atoms with Gasteiger partial charge in [-0.05, 0) is 55.0 Å². The molecular formula is C23H29N4O2S+. The van der Waals surface area contributed by atoms with Crippen LogP contribution in [-0.4, -0.2) is 43.4 Å². The highest BCUT2D eigenvalue weighted by Gasteiger charge is 2.25. The molecule has 1 saturated heterocycles. The average Bonchev–Trinajstić information content (AvgIpc) is 3.12. The van der Waals surface area contributed by atoms with Crippen molar-refractivity contribution < 1.29 is 14.4 Å². The van der Waals surface area contributed by atoms with Gasteiger partial charge in [0.15, 0.2) is 5.82 Å². The highest BCUT2D eigenvalue weighted by atomic mass is 32.1. The molecule has 1 aromatic carbocycles. The molecule has 2 aromatic heterocycles. The number of quaternary nitrogens is 1. The van der Waals surface area contributed by atoms with E-state index in [4.69, 9.17) is 19.4 Å². The lowest BCUT2D eigenvalue weighted by Crippen LogP contribution is -3.12. The maximum Gasteiger partial charge on any atom is 0.187 e. The zero-order valence-electron chi connectivity index (χ0n) is 17.7. The van der Waals surface area contributed by atoms with Crippen LogP contribution in [0.1, 0.15) is 29.6 Å². The number of ether oxygens (including phenoxy) is 2. The molecule has 3 heterocycles. The molecular weight excluding hydrogens is 396 g/mol. The van der Waals surface area contributed by atoms with Crippen LogP contribution < -0.4 is 15.0 Å². The summed E-state index contributed by atoms with van der Waals surface area (Å²) in [5.74, 6) is 3.46. The molecule has 7 heteroatoms. The summed E-state index contributed by atoms with van der Waals surface area (Å²) in [6.45, 7) is 6.86. The van der Waals surface area contributed by atoms with E-state index in [1.54, 1.807) is 7.11 Å². The van der Waals surface area contributed by atoms with Gasteiger partial charge in [0.05, 0.1) is 25.7 Å². The smallest absolute Gasteiger partial charge is 0.187 e. The molecule has 0 spiro atoms. The van der Waals surface area contributed by atoms with E-state index >= 15 is 0 Å². The summed E-state index contributed by atoms with van der Waals surface area (Å²) in [4.78, 5) is 14.2. The van der Waals surface area contributed by atoms with Crippen molar-refractivity contribution in [1.82, 2.24) is 9.97 Å². The zero-order chi connectivity index (χ0) is 20.5. The van der Waals surface area contributed by atoms with Gasteiger partial charge in [-0.1, -0.05) is 6.92 Å².